The van der Waals surface area contributed by atoms with Crippen molar-refractivity contribution < 1.29 is 0 Å². The second-order valence-electron chi connectivity index (χ2n) is 5.63. The molecule has 0 fully saturated rings. The second-order valence-corrected chi connectivity index (χ2v) is 5.63. The molecule has 1 atom stereocenters. The highest BCUT2D eigenvalue weighted by Crippen LogP contribution is 2.24. The molecule has 0 saturated carbocycles. The number of aryl methyl sites for hydroxylation is 3. The molecule has 0 saturated heterocycles. The molecule has 0 amide bonds. The van der Waals surface area contributed by atoms with Gasteiger partial charge >= 0.3 is 0 Å². The van der Waals surface area contributed by atoms with Crippen LogP contribution in [0.1, 0.15) is 47.8 Å². The van der Waals surface area contributed by atoms with Gasteiger partial charge in [-0.05, 0) is 55.1 Å². The summed E-state index contributed by atoms with van der Waals surface area (Å²) >= 11 is 0. The average molecular weight is 282 g/mol. The standard InChI is InChI=1S/C19H26N2/c1-5-16-10-11-17(21-13-16)12-18(20-6-2)19-14(3)8-7-9-15(19)4/h7-11,13,18,20H,5-6,12H2,1-4H3. The molecule has 0 spiro atoms. The van der Waals surface area contributed by atoms with E-state index < -0.39 is 0 Å². The van der Waals surface area contributed by atoms with E-state index in [4.69, 9.17) is 0 Å². The van der Waals surface area contributed by atoms with E-state index in [1.165, 1.54) is 22.3 Å². The summed E-state index contributed by atoms with van der Waals surface area (Å²) in [6.45, 7) is 9.68. The van der Waals surface area contributed by atoms with Gasteiger partial charge in [0.05, 0.1) is 0 Å². The number of hydrogen-bond donors (Lipinski definition) is 1. The Morgan fingerprint density at radius 2 is 1.76 bits per heavy atom. The van der Waals surface area contributed by atoms with Crippen LogP contribution in [0, 0.1) is 13.8 Å². The quantitative estimate of drug-likeness (QED) is 0.860. The zero-order chi connectivity index (χ0) is 15.2. The van der Waals surface area contributed by atoms with Crippen LogP contribution in [-0.2, 0) is 12.8 Å². The van der Waals surface area contributed by atoms with Crippen molar-refractivity contribution >= 4 is 0 Å². The van der Waals surface area contributed by atoms with Crippen molar-refractivity contribution in [3.8, 4) is 0 Å². The zero-order valence-corrected chi connectivity index (χ0v) is 13.6. The topological polar surface area (TPSA) is 24.9 Å². The van der Waals surface area contributed by atoms with Gasteiger partial charge < -0.3 is 5.32 Å². The summed E-state index contributed by atoms with van der Waals surface area (Å²) in [7, 11) is 0. The van der Waals surface area contributed by atoms with Crippen LogP contribution < -0.4 is 5.32 Å². The predicted molar refractivity (Wildman–Crippen MR) is 89.7 cm³/mol. The fraction of sp³-hybridized carbons (Fsp3) is 0.421. The van der Waals surface area contributed by atoms with E-state index in [0.29, 0.717) is 6.04 Å². The Hall–Kier alpha value is -1.67. The molecule has 2 rings (SSSR count). The maximum atomic E-state index is 4.62. The molecule has 1 N–H and O–H groups in total. The van der Waals surface area contributed by atoms with Crippen LogP contribution in [0.2, 0.25) is 0 Å². The monoisotopic (exact) mass is 282 g/mol. The number of nitrogens with zero attached hydrogens (tertiary/aromatic N) is 1. The first-order valence-electron chi connectivity index (χ1n) is 7.89. The minimum absolute atomic E-state index is 0.330. The molecule has 112 valence electrons. The van der Waals surface area contributed by atoms with E-state index in [-0.39, 0.29) is 0 Å². The van der Waals surface area contributed by atoms with Crippen molar-refractivity contribution in [2.75, 3.05) is 6.54 Å². The molecule has 2 nitrogen and oxygen atoms in total. The molecule has 1 heterocycles. The molecule has 0 aliphatic carbocycles. The Kier molecular flexibility index (Phi) is 5.51. The zero-order valence-electron chi connectivity index (χ0n) is 13.6. The van der Waals surface area contributed by atoms with Crippen LogP contribution in [0.3, 0.4) is 0 Å². The van der Waals surface area contributed by atoms with E-state index >= 15 is 0 Å². The predicted octanol–water partition coefficient (Wildman–Crippen LogP) is 4.15. The molecule has 2 aromatic rings. The van der Waals surface area contributed by atoms with Gasteiger partial charge in [0.2, 0.25) is 0 Å². The van der Waals surface area contributed by atoms with Crippen molar-refractivity contribution in [1.82, 2.24) is 10.3 Å². The van der Waals surface area contributed by atoms with Crippen LogP contribution in [-0.4, -0.2) is 11.5 Å². The lowest BCUT2D eigenvalue weighted by Gasteiger charge is -2.22. The minimum Gasteiger partial charge on any atom is -0.310 e. The molecule has 0 aliphatic heterocycles. The second kappa shape index (κ2) is 7.37. The lowest BCUT2D eigenvalue weighted by atomic mass is 9.93. The van der Waals surface area contributed by atoms with Crippen LogP contribution >= 0.6 is 0 Å². The molecule has 0 aliphatic rings. The van der Waals surface area contributed by atoms with Crippen LogP contribution in [0.4, 0.5) is 0 Å². The highest BCUT2D eigenvalue weighted by Gasteiger charge is 2.16. The van der Waals surface area contributed by atoms with Gasteiger partial charge in [-0.15, -0.1) is 0 Å². The largest absolute Gasteiger partial charge is 0.310 e. The third-order valence-electron chi connectivity index (χ3n) is 4.05. The highest BCUT2D eigenvalue weighted by molar-refractivity contribution is 5.37. The van der Waals surface area contributed by atoms with Gasteiger partial charge in [0.15, 0.2) is 0 Å². The summed E-state index contributed by atoms with van der Waals surface area (Å²) in [6, 6.07) is 11.2. The summed E-state index contributed by atoms with van der Waals surface area (Å²) in [5, 5.41) is 3.62. The van der Waals surface area contributed by atoms with Gasteiger partial charge in [-0.25, -0.2) is 0 Å². The Morgan fingerprint density at radius 3 is 2.29 bits per heavy atom. The van der Waals surface area contributed by atoms with Gasteiger partial charge in [0.25, 0.3) is 0 Å². The van der Waals surface area contributed by atoms with Crippen LogP contribution in [0.15, 0.2) is 36.5 Å². The minimum atomic E-state index is 0.330. The lowest BCUT2D eigenvalue weighted by molar-refractivity contribution is 0.539. The summed E-state index contributed by atoms with van der Waals surface area (Å²) in [4.78, 5) is 4.62. The van der Waals surface area contributed by atoms with Crippen LogP contribution in [0.5, 0.6) is 0 Å². The van der Waals surface area contributed by atoms with E-state index in [2.05, 4.69) is 68.3 Å². The van der Waals surface area contributed by atoms with Crippen molar-refractivity contribution in [1.29, 1.82) is 0 Å². The lowest BCUT2D eigenvalue weighted by Crippen LogP contribution is -2.25. The first kappa shape index (κ1) is 15.7. The Balaban J connectivity index is 2.26. The number of likely N-dealkylation sites (N-methyl/N-ethyl adjacent to an activating group) is 1. The van der Waals surface area contributed by atoms with E-state index in [1.54, 1.807) is 0 Å². The fourth-order valence-electron chi connectivity index (χ4n) is 2.89. The smallest absolute Gasteiger partial charge is 0.0422 e. The van der Waals surface area contributed by atoms with Gasteiger partial charge in [-0.1, -0.05) is 38.1 Å². The van der Waals surface area contributed by atoms with Gasteiger partial charge in [-0.3, -0.25) is 4.98 Å². The number of aromatic nitrogens is 1. The molecule has 0 bridgehead atoms. The Labute approximate surface area is 128 Å². The van der Waals surface area contributed by atoms with E-state index in [0.717, 1.165) is 25.1 Å². The molecular weight excluding hydrogens is 256 g/mol. The third kappa shape index (κ3) is 3.92. The molecule has 2 heteroatoms. The van der Waals surface area contributed by atoms with Gasteiger partial charge in [0.1, 0.15) is 0 Å². The molecule has 1 aromatic heterocycles. The SMILES string of the molecule is CCNC(Cc1ccc(CC)cn1)c1c(C)cccc1C. The van der Waals surface area contributed by atoms with Crippen molar-refractivity contribution in [2.45, 2.75) is 46.6 Å². The summed E-state index contributed by atoms with van der Waals surface area (Å²) in [6.07, 6.45) is 3.98. The first-order valence-corrected chi connectivity index (χ1v) is 7.89. The van der Waals surface area contributed by atoms with Gasteiger partial charge in [0, 0.05) is 24.4 Å². The van der Waals surface area contributed by atoms with Crippen molar-refractivity contribution in [3.63, 3.8) is 0 Å². The summed E-state index contributed by atoms with van der Waals surface area (Å²) < 4.78 is 0. The fourth-order valence-corrected chi connectivity index (χ4v) is 2.89. The summed E-state index contributed by atoms with van der Waals surface area (Å²) in [5.41, 5.74) is 6.57. The van der Waals surface area contributed by atoms with Crippen LogP contribution in [0.25, 0.3) is 0 Å². The normalized spacial score (nSPS) is 12.4. The Morgan fingerprint density at radius 1 is 1.05 bits per heavy atom. The maximum absolute atomic E-state index is 4.62. The van der Waals surface area contributed by atoms with Crippen molar-refractivity contribution in [3.05, 3.63) is 64.5 Å². The van der Waals surface area contributed by atoms with Gasteiger partial charge in [-0.2, -0.15) is 0 Å². The van der Waals surface area contributed by atoms with E-state index in [9.17, 15) is 0 Å². The number of rotatable bonds is 6. The number of benzene rings is 1. The molecule has 21 heavy (non-hydrogen) atoms. The van der Waals surface area contributed by atoms with Crippen molar-refractivity contribution in [2.24, 2.45) is 0 Å². The molecular formula is C19H26N2. The summed E-state index contributed by atoms with van der Waals surface area (Å²) in [5.74, 6) is 0. The first-order chi connectivity index (χ1) is 10.2. The highest BCUT2D eigenvalue weighted by atomic mass is 14.9. The maximum Gasteiger partial charge on any atom is 0.0422 e. The van der Waals surface area contributed by atoms with E-state index in [1.807, 2.05) is 6.20 Å². The third-order valence-corrected chi connectivity index (χ3v) is 4.05. The molecule has 1 unspecified atom stereocenters. The number of nitrogens with one attached hydrogen (secondary N) is 1. The molecule has 0 radical (unpaired) electrons. The number of pyridine rings is 1. The Bertz CT molecular complexity index is 552. The number of hydrogen-bond acceptors (Lipinski definition) is 2. The molecule has 1 aromatic carbocycles. The average Bonchev–Trinajstić information content (AvgIpc) is 2.48.